The molecule has 0 aliphatic carbocycles. The molecule has 0 saturated carbocycles. The summed E-state index contributed by atoms with van der Waals surface area (Å²) >= 11 is 0. The Kier molecular flexibility index (Phi) is 6.45. The SMILES string of the molecule is CCOCCN(CC)Cc1ccc(C(=N)N)cc1F. The van der Waals surface area contributed by atoms with Gasteiger partial charge in [-0.2, -0.15) is 0 Å². The summed E-state index contributed by atoms with van der Waals surface area (Å²) in [5.74, 6) is -0.434. The van der Waals surface area contributed by atoms with Crippen LogP contribution in [0.1, 0.15) is 25.0 Å². The molecule has 0 fully saturated rings. The second-order valence-electron chi connectivity index (χ2n) is 4.29. The molecule has 0 aromatic heterocycles. The molecule has 1 aromatic rings. The van der Waals surface area contributed by atoms with Gasteiger partial charge in [0.25, 0.3) is 0 Å². The predicted molar refractivity (Wildman–Crippen MR) is 74.9 cm³/mol. The van der Waals surface area contributed by atoms with E-state index in [2.05, 4.69) is 4.90 Å². The van der Waals surface area contributed by atoms with E-state index in [0.717, 1.165) is 13.1 Å². The fourth-order valence-corrected chi connectivity index (χ4v) is 1.77. The number of hydrogen-bond donors (Lipinski definition) is 2. The van der Waals surface area contributed by atoms with Gasteiger partial charge in [-0.05, 0) is 19.5 Å². The van der Waals surface area contributed by atoms with Gasteiger partial charge in [0.2, 0.25) is 0 Å². The van der Waals surface area contributed by atoms with Crippen LogP contribution in [0, 0.1) is 11.2 Å². The number of halogens is 1. The van der Waals surface area contributed by atoms with E-state index in [4.69, 9.17) is 15.9 Å². The van der Waals surface area contributed by atoms with Crippen molar-refractivity contribution in [3.8, 4) is 0 Å². The fourth-order valence-electron chi connectivity index (χ4n) is 1.77. The van der Waals surface area contributed by atoms with Crippen molar-refractivity contribution >= 4 is 5.84 Å². The summed E-state index contributed by atoms with van der Waals surface area (Å²) in [7, 11) is 0. The van der Waals surface area contributed by atoms with E-state index in [9.17, 15) is 4.39 Å². The normalized spacial score (nSPS) is 10.9. The van der Waals surface area contributed by atoms with E-state index in [1.807, 2.05) is 13.8 Å². The Labute approximate surface area is 113 Å². The minimum Gasteiger partial charge on any atom is -0.384 e. The van der Waals surface area contributed by atoms with Crippen LogP contribution in [-0.4, -0.2) is 37.0 Å². The third kappa shape index (κ3) is 4.96. The first-order chi connectivity index (χ1) is 9.08. The molecule has 19 heavy (non-hydrogen) atoms. The second-order valence-corrected chi connectivity index (χ2v) is 4.29. The third-order valence-electron chi connectivity index (χ3n) is 2.96. The molecule has 3 N–H and O–H groups in total. The first-order valence-electron chi connectivity index (χ1n) is 6.51. The Hall–Kier alpha value is -1.46. The van der Waals surface area contributed by atoms with Crippen molar-refractivity contribution in [1.82, 2.24) is 4.90 Å². The van der Waals surface area contributed by atoms with Crippen molar-refractivity contribution in [2.75, 3.05) is 26.3 Å². The maximum atomic E-state index is 13.9. The van der Waals surface area contributed by atoms with Crippen molar-refractivity contribution in [3.05, 3.63) is 35.1 Å². The molecule has 1 aromatic carbocycles. The van der Waals surface area contributed by atoms with E-state index in [0.29, 0.717) is 30.9 Å². The molecule has 1 rings (SSSR count). The topological polar surface area (TPSA) is 62.3 Å². The zero-order valence-corrected chi connectivity index (χ0v) is 11.6. The summed E-state index contributed by atoms with van der Waals surface area (Å²) in [6, 6.07) is 4.68. The average Bonchev–Trinajstić information content (AvgIpc) is 2.39. The summed E-state index contributed by atoms with van der Waals surface area (Å²) in [6.45, 7) is 7.48. The van der Waals surface area contributed by atoms with Crippen molar-refractivity contribution in [2.24, 2.45) is 5.73 Å². The molecule has 0 atom stereocenters. The maximum absolute atomic E-state index is 13.9. The van der Waals surface area contributed by atoms with Gasteiger partial charge in [0.15, 0.2) is 0 Å². The molecule has 0 amide bonds. The molecule has 0 saturated heterocycles. The van der Waals surface area contributed by atoms with Gasteiger partial charge < -0.3 is 10.5 Å². The zero-order chi connectivity index (χ0) is 14.3. The van der Waals surface area contributed by atoms with Gasteiger partial charge in [0.1, 0.15) is 11.7 Å². The lowest BCUT2D eigenvalue weighted by molar-refractivity contribution is 0.112. The van der Waals surface area contributed by atoms with E-state index in [1.165, 1.54) is 6.07 Å². The molecule has 106 valence electrons. The van der Waals surface area contributed by atoms with Gasteiger partial charge in [0, 0.05) is 30.8 Å². The van der Waals surface area contributed by atoms with Crippen LogP contribution in [0.15, 0.2) is 18.2 Å². The molecular formula is C14H22FN3O. The van der Waals surface area contributed by atoms with Crippen LogP contribution in [0.5, 0.6) is 0 Å². The molecule has 0 aliphatic heterocycles. The van der Waals surface area contributed by atoms with Crippen LogP contribution in [0.4, 0.5) is 4.39 Å². The van der Waals surface area contributed by atoms with Crippen LogP contribution < -0.4 is 5.73 Å². The molecule has 5 heteroatoms. The predicted octanol–water partition coefficient (Wildman–Crippen LogP) is 1.97. The third-order valence-corrected chi connectivity index (χ3v) is 2.96. The smallest absolute Gasteiger partial charge is 0.128 e. The first-order valence-corrected chi connectivity index (χ1v) is 6.51. The standard InChI is InChI=1S/C14H22FN3O/c1-3-18(7-8-19-4-2)10-12-6-5-11(14(16)17)9-13(12)15/h5-6,9H,3-4,7-8,10H2,1-2H3,(H3,16,17). The lowest BCUT2D eigenvalue weighted by atomic mass is 10.1. The first kappa shape index (κ1) is 15.6. The van der Waals surface area contributed by atoms with Crippen LogP contribution in [0.3, 0.4) is 0 Å². The van der Waals surface area contributed by atoms with Gasteiger partial charge in [0.05, 0.1) is 6.61 Å². The number of nitrogens with zero attached hydrogens (tertiary/aromatic N) is 1. The highest BCUT2D eigenvalue weighted by molar-refractivity contribution is 5.94. The fraction of sp³-hybridized carbons (Fsp3) is 0.500. The van der Waals surface area contributed by atoms with Crippen molar-refractivity contribution < 1.29 is 9.13 Å². The Balaban J connectivity index is 2.66. The Morgan fingerprint density at radius 3 is 2.68 bits per heavy atom. The lowest BCUT2D eigenvalue weighted by Gasteiger charge is -2.20. The quantitative estimate of drug-likeness (QED) is 0.430. The molecule has 0 heterocycles. The number of benzene rings is 1. The number of amidine groups is 1. The van der Waals surface area contributed by atoms with Crippen molar-refractivity contribution in [3.63, 3.8) is 0 Å². The van der Waals surface area contributed by atoms with Gasteiger partial charge in [-0.25, -0.2) is 4.39 Å². The highest BCUT2D eigenvalue weighted by Gasteiger charge is 2.09. The summed E-state index contributed by atoms with van der Waals surface area (Å²) in [4.78, 5) is 2.11. The number of nitrogen functional groups attached to an aromatic ring is 1. The summed E-state index contributed by atoms with van der Waals surface area (Å²) in [6.07, 6.45) is 0. The second kappa shape index (κ2) is 7.86. The highest BCUT2D eigenvalue weighted by atomic mass is 19.1. The van der Waals surface area contributed by atoms with Crippen LogP contribution in [0.2, 0.25) is 0 Å². The minimum atomic E-state index is -0.317. The van der Waals surface area contributed by atoms with Gasteiger partial charge >= 0.3 is 0 Å². The average molecular weight is 267 g/mol. The summed E-state index contributed by atoms with van der Waals surface area (Å²) in [5.41, 5.74) is 6.36. The number of rotatable bonds is 8. The van der Waals surface area contributed by atoms with E-state index in [-0.39, 0.29) is 11.7 Å². The number of nitrogens with one attached hydrogen (secondary N) is 1. The molecular weight excluding hydrogens is 245 g/mol. The van der Waals surface area contributed by atoms with Gasteiger partial charge in [-0.1, -0.05) is 19.1 Å². The lowest BCUT2D eigenvalue weighted by Crippen LogP contribution is -2.27. The largest absolute Gasteiger partial charge is 0.384 e. The molecule has 0 unspecified atom stereocenters. The van der Waals surface area contributed by atoms with Crippen molar-refractivity contribution in [1.29, 1.82) is 5.41 Å². The molecule has 0 bridgehead atoms. The Morgan fingerprint density at radius 2 is 2.16 bits per heavy atom. The Bertz CT molecular complexity index is 423. The van der Waals surface area contributed by atoms with E-state index in [1.54, 1.807) is 12.1 Å². The number of hydrogen-bond acceptors (Lipinski definition) is 3. The van der Waals surface area contributed by atoms with Gasteiger partial charge in [-0.15, -0.1) is 0 Å². The number of ether oxygens (including phenoxy) is 1. The van der Waals surface area contributed by atoms with Crippen molar-refractivity contribution in [2.45, 2.75) is 20.4 Å². The van der Waals surface area contributed by atoms with Crippen LogP contribution in [0.25, 0.3) is 0 Å². The van der Waals surface area contributed by atoms with E-state index >= 15 is 0 Å². The number of nitrogens with two attached hydrogens (primary N) is 1. The molecule has 0 radical (unpaired) electrons. The molecule has 0 spiro atoms. The Morgan fingerprint density at radius 1 is 1.42 bits per heavy atom. The van der Waals surface area contributed by atoms with Crippen LogP contribution >= 0.6 is 0 Å². The summed E-state index contributed by atoms with van der Waals surface area (Å²) < 4.78 is 19.2. The van der Waals surface area contributed by atoms with Crippen LogP contribution in [-0.2, 0) is 11.3 Å². The monoisotopic (exact) mass is 267 g/mol. The zero-order valence-electron chi connectivity index (χ0n) is 11.6. The molecule has 4 nitrogen and oxygen atoms in total. The van der Waals surface area contributed by atoms with E-state index < -0.39 is 0 Å². The maximum Gasteiger partial charge on any atom is 0.128 e. The van der Waals surface area contributed by atoms with Gasteiger partial charge in [-0.3, -0.25) is 10.3 Å². The molecule has 0 aliphatic rings. The minimum absolute atomic E-state index is 0.117. The number of likely N-dealkylation sites (N-methyl/N-ethyl adjacent to an activating group) is 1. The summed E-state index contributed by atoms with van der Waals surface area (Å²) in [5, 5.41) is 7.28. The highest BCUT2D eigenvalue weighted by Crippen LogP contribution is 2.12.